The van der Waals surface area contributed by atoms with Crippen LogP contribution in [-0.2, 0) is 4.79 Å². The van der Waals surface area contributed by atoms with E-state index in [1.165, 1.54) is 44.3 Å². The van der Waals surface area contributed by atoms with Gasteiger partial charge >= 0.3 is 0 Å². The van der Waals surface area contributed by atoms with Crippen LogP contribution >= 0.6 is 11.8 Å². The fourth-order valence-corrected chi connectivity index (χ4v) is 3.33. The first kappa shape index (κ1) is 12.1. The Bertz CT molecular complexity index is 162. The topological polar surface area (TPSA) is 17.1 Å². The Hall–Kier alpha value is 0.0200. The van der Waals surface area contributed by atoms with Crippen molar-refractivity contribution in [1.29, 1.82) is 0 Å². The minimum Gasteiger partial charge on any atom is -0.300 e. The fourth-order valence-electron chi connectivity index (χ4n) is 1.96. The van der Waals surface area contributed by atoms with Crippen molar-refractivity contribution in [2.24, 2.45) is 0 Å². The van der Waals surface area contributed by atoms with Crippen molar-refractivity contribution >= 4 is 17.5 Å². The molecule has 0 aromatic rings. The van der Waals surface area contributed by atoms with Crippen LogP contribution in [0.5, 0.6) is 0 Å². The molecule has 0 aliphatic heterocycles. The summed E-state index contributed by atoms with van der Waals surface area (Å²) < 4.78 is 0. The zero-order valence-electron chi connectivity index (χ0n) is 9.26. The van der Waals surface area contributed by atoms with Crippen LogP contribution in [0, 0.1) is 0 Å². The van der Waals surface area contributed by atoms with Gasteiger partial charge in [0.25, 0.3) is 0 Å². The van der Waals surface area contributed by atoms with E-state index in [0.717, 1.165) is 18.1 Å². The lowest BCUT2D eigenvalue weighted by Crippen LogP contribution is -2.08. The fraction of sp³-hybridized carbons (Fsp3) is 0.917. The van der Waals surface area contributed by atoms with Crippen molar-refractivity contribution < 1.29 is 4.79 Å². The number of hydrogen-bond acceptors (Lipinski definition) is 2. The van der Waals surface area contributed by atoms with E-state index in [2.05, 4.69) is 11.8 Å². The Morgan fingerprint density at radius 1 is 1.21 bits per heavy atom. The largest absolute Gasteiger partial charge is 0.300 e. The van der Waals surface area contributed by atoms with Gasteiger partial charge in [-0.25, -0.2) is 0 Å². The lowest BCUT2D eigenvalue weighted by molar-refractivity contribution is -0.117. The van der Waals surface area contributed by atoms with Crippen LogP contribution in [-0.4, -0.2) is 16.8 Å². The van der Waals surface area contributed by atoms with Crippen LogP contribution in [0.25, 0.3) is 0 Å². The average molecular weight is 214 g/mol. The van der Waals surface area contributed by atoms with Gasteiger partial charge in [-0.15, -0.1) is 0 Å². The Morgan fingerprint density at radius 2 is 1.93 bits per heavy atom. The monoisotopic (exact) mass is 214 g/mol. The molecule has 0 unspecified atom stereocenters. The minimum absolute atomic E-state index is 0.340. The van der Waals surface area contributed by atoms with Crippen molar-refractivity contribution in [1.82, 2.24) is 0 Å². The van der Waals surface area contributed by atoms with E-state index in [0.29, 0.717) is 5.78 Å². The van der Waals surface area contributed by atoms with E-state index in [-0.39, 0.29) is 0 Å². The van der Waals surface area contributed by atoms with E-state index < -0.39 is 0 Å². The van der Waals surface area contributed by atoms with Gasteiger partial charge < -0.3 is 4.79 Å². The molecule has 0 atom stereocenters. The van der Waals surface area contributed by atoms with E-state index in [1.54, 1.807) is 6.92 Å². The van der Waals surface area contributed by atoms with Crippen molar-refractivity contribution in [2.75, 3.05) is 5.75 Å². The molecule has 2 heteroatoms. The van der Waals surface area contributed by atoms with Crippen LogP contribution in [0.4, 0.5) is 0 Å². The van der Waals surface area contributed by atoms with E-state index in [4.69, 9.17) is 0 Å². The highest BCUT2D eigenvalue weighted by atomic mass is 32.2. The number of ketones is 1. The van der Waals surface area contributed by atoms with E-state index >= 15 is 0 Å². The molecule has 0 radical (unpaired) electrons. The molecule has 1 nitrogen and oxygen atoms in total. The quantitative estimate of drug-likeness (QED) is 0.625. The smallest absolute Gasteiger partial charge is 0.129 e. The van der Waals surface area contributed by atoms with Crippen LogP contribution in [0.1, 0.15) is 58.3 Å². The van der Waals surface area contributed by atoms with E-state index in [1.807, 2.05) is 0 Å². The summed E-state index contributed by atoms with van der Waals surface area (Å²) >= 11 is 2.14. The van der Waals surface area contributed by atoms with Crippen molar-refractivity contribution in [3.63, 3.8) is 0 Å². The molecule has 0 spiro atoms. The van der Waals surface area contributed by atoms with Gasteiger partial charge in [0.05, 0.1) is 0 Å². The predicted octanol–water partition coefficient (Wildman–Crippen LogP) is 3.81. The summed E-state index contributed by atoms with van der Waals surface area (Å²) in [6, 6.07) is 0. The maximum absolute atomic E-state index is 10.7. The number of carbonyl (C=O) groups is 1. The third-order valence-electron chi connectivity index (χ3n) is 2.83. The van der Waals surface area contributed by atoms with Crippen LogP contribution in [0.15, 0.2) is 0 Å². The zero-order chi connectivity index (χ0) is 10.2. The maximum Gasteiger partial charge on any atom is 0.129 e. The van der Waals surface area contributed by atoms with Gasteiger partial charge in [0, 0.05) is 11.7 Å². The van der Waals surface area contributed by atoms with Gasteiger partial charge in [0.2, 0.25) is 0 Å². The first-order valence-electron chi connectivity index (χ1n) is 5.90. The molecule has 14 heavy (non-hydrogen) atoms. The number of carbonyl (C=O) groups excluding carboxylic acids is 1. The first-order valence-corrected chi connectivity index (χ1v) is 6.95. The van der Waals surface area contributed by atoms with Crippen molar-refractivity contribution in [2.45, 2.75) is 63.5 Å². The number of hydrogen-bond donors (Lipinski definition) is 0. The summed E-state index contributed by atoms with van der Waals surface area (Å²) in [6.45, 7) is 1.69. The van der Waals surface area contributed by atoms with Crippen LogP contribution in [0.3, 0.4) is 0 Å². The lowest BCUT2D eigenvalue weighted by Gasteiger charge is -2.20. The lowest BCUT2D eigenvalue weighted by atomic mass is 10.0. The molecule has 1 rings (SSSR count). The number of rotatable bonds is 6. The highest BCUT2D eigenvalue weighted by Gasteiger charge is 2.12. The van der Waals surface area contributed by atoms with E-state index in [9.17, 15) is 4.79 Å². The molecule has 0 aromatic heterocycles. The summed E-state index contributed by atoms with van der Waals surface area (Å²) in [4.78, 5) is 10.7. The minimum atomic E-state index is 0.340. The second kappa shape index (κ2) is 7.33. The average Bonchev–Trinajstić information content (AvgIpc) is 2.18. The summed E-state index contributed by atoms with van der Waals surface area (Å²) in [6.07, 6.45) is 10.3. The van der Waals surface area contributed by atoms with Crippen molar-refractivity contribution in [3.05, 3.63) is 0 Å². The third-order valence-corrected chi connectivity index (χ3v) is 4.30. The Kier molecular flexibility index (Phi) is 6.33. The molecule has 0 heterocycles. The maximum atomic E-state index is 10.7. The molecule has 0 aromatic carbocycles. The highest BCUT2D eigenvalue weighted by Crippen LogP contribution is 2.28. The molecule has 1 aliphatic carbocycles. The number of unbranched alkanes of at least 4 members (excludes halogenated alkanes) is 1. The van der Waals surface area contributed by atoms with Crippen molar-refractivity contribution in [3.8, 4) is 0 Å². The van der Waals surface area contributed by atoms with Crippen LogP contribution < -0.4 is 0 Å². The highest BCUT2D eigenvalue weighted by molar-refractivity contribution is 7.99. The first-order chi connectivity index (χ1) is 6.79. The molecule has 1 saturated carbocycles. The normalized spacial score (nSPS) is 18.4. The second-order valence-electron chi connectivity index (χ2n) is 4.29. The predicted molar refractivity (Wildman–Crippen MR) is 63.9 cm³/mol. The van der Waals surface area contributed by atoms with Gasteiger partial charge in [-0.3, -0.25) is 0 Å². The summed E-state index contributed by atoms with van der Waals surface area (Å²) in [5.41, 5.74) is 0. The molecule has 0 amide bonds. The molecule has 0 bridgehead atoms. The molecule has 1 aliphatic rings. The van der Waals surface area contributed by atoms with Gasteiger partial charge in [0.15, 0.2) is 0 Å². The Labute approximate surface area is 92.0 Å². The molecule has 82 valence electrons. The Morgan fingerprint density at radius 3 is 2.57 bits per heavy atom. The van der Waals surface area contributed by atoms with Gasteiger partial charge in [-0.1, -0.05) is 19.3 Å². The number of Topliss-reactive ketones (excluding diaryl/α,β-unsaturated/α-hetero) is 1. The SMILES string of the molecule is CC(=O)CCCCSC1CCCCC1. The summed E-state index contributed by atoms with van der Waals surface area (Å²) in [7, 11) is 0. The molecule has 0 N–H and O–H groups in total. The Balaban J connectivity index is 1.90. The summed E-state index contributed by atoms with van der Waals surface area (Å²) in [5.74, 6) is 1.60. The molecule has 1 fully saturated rings. The third kappa shape index (κ3) is 5.69. The zero-order valence-corrected chi connectivity index (χ0v) is 10.1. The molecular weight excluding hydrogens is 192 g/mol. The summed E-state index contributed by atoms with van der Waals surface area (Å²) in [5, 5.41) is 0.932. The molecular formula is C12H22OS. The van der Waals surface area contributed by atoms with Gasteiger partial charge in [0.1, 0.15) is 5.78 Å². The van der Waals surface area contributed by atoms with Gasteiger partial charge in [-0.2, -0.15) is 11.8 Å². The van der Waals surface area contributed by atoms with Crippen LogP contribution in [0.2, 0.25) is 0 Å². The number of thioether (sulfide) groups is 1. The second-order valence-corrected chi connectivity index (χ2v) is 5.70. The standard InChI is InChI=1S/C12H22OS/c1-11(13)7-5-6-10-14-12-8-3-2-4-9-12/h12H,2-10H2,1H3. The molecule has 0 saturated heterocycles. The van der Waals surface area contributed by atoms with Gasteiger partial charge in [-0.05, 0) is 38.4 Å².